The highest BCUT2D eigenvalue weighted by molar-refractivity contribution is 9.10. The summed E-state index contributed by atoms with van der Waals surface area (Å²) in [5.74, 6) is -1.12. The smallest absolute Gasteiger partial charge is 0.506 e. The molecule has 2 rings (SSSR count). The maximum atomic E-state index is 12.4. The number of benzene rings is 1. The molecule has 126 valence electrons. The van der Waals surface area contributed by atoms with Gasteiger partial charge in [0.15, 0.2) is 5.16 Å². The Balaban J connectivity index is 2.75. The van der Waals surface area contributed by atoms with Gasteiger partial charge in [0, 0.05) is 5.56 Å². The van der Waals surface area contributed by atoms with Crippen molar-refractivity contribution in [1.29, 1.82) is 5.26 Å². The molecule has 1 aromatic carbocycles. The van der Waals surface area contributed by atoms with Crippen molar-refractivity contribution in [2.75, 3.05) is 6.26 Å². The fourth-order valence-electron chi connectivity index (χ4n) is 1.80. The Labute approximate surface area is 145 Å². The number of aromatic hydroxyl groups is 1. The Morgan fingerprint density at radius 2 is 2.12 bits per heavy atom. The number of ether oxygens (including phenoxy) is 1. The molecule has 1 aromatic heterocycles. The van der Waals surface area contributed by atoms with Gasteiger partial charge in [0.2, 0.25) is 0 Å². The van der Waals surface area contributed by atoms with E-state index in [1.165, 1.54) is 0 Å². The number of nitrogens with zero attached hydrogens (tertiary/aromatic N) is 2. The molecule has 0 unspecified atom stereocenters. The number of H-pyrrole nitrogens is 1. The van der Waals surface area contributed by atoms with Crippen LogP contribution in [0.3, 0.4) is 0 Å². The SMILES string of the molecule is CSc1nc(-c2cc(OC(F)(F)F)cc(Br)c2O)c(C#N)c(=O)[nH]1. The van der Waals surface area contributed by atoms with Crippen LogP contribution in [0.5, 0.6) is 11.5 Å². The number of phenolic OH excluding ortho intramolecular Hbond substituents is 1. The number of hydrogen-bond acceptors (Lipinski definition) is 6. The first-order valence-electron chi connectivity index (χ1n) is 6.03. The van der Waals surface area contributed by atoms with E-state index in [4.69, 9.17) is 5.26 Å². The van der Waals surface area contributed by atoms with Crippen LogP contribution in [0.2, 0.25) is 0 Å². The molecule has 0 aliphatic heterocycles. The number of halogens is 4. The van der Waals surface area contributed by atoms with E-state index in [2.05, 4.69) is 30.6 Å². The highest BCUT2D eigenvalue weighted by atomic mass is 79.9. The van der Waals surface area contributed by atoms with Crippen molar-refractivity contribution in [1.82, 2.24) is 9.97 Å². The minimum absolute atomic E-state index is 0.115. The molecule has 0 fully saturated rings. The van der Waals surface area contributed by atoms with Crippen LogP contribution in [0.15, 0.2) is 26.6 Å². The lowest BCUT2D eigenvalue weighted by molar-refractivity contribution is -0.274. The summed E-state index contributed by atoms with van der Waals surface area (Å²) < 4.78 is 40.9. The van der Waals surface area contributed by atoms with E-state index in [0.717, 1.165) is 23.9 Å². The van der Waals surface area contributed by atoms with Gasteiger partial charge < -0.3 is 14.8 Å². The average molecular weight is 422 g/mol. The topological polar surface area (TPSA) is 99.0 Å². The lowest BCUT2D eigenvalue weighted by Crippen LogP contribution is -2.17. The third kappa shape index (κ3) is 3.82. The van der Waals surface area contributed by atoms with Gasteiger partial charge in [0.25, 0.3) is 5.56 Å². The van der Waals surface area contributed by atoms with Crippen molar-refractivity contribution in [3.63, 3.8) is 0 Å². The van der Waals surface area contributed by atoms with Gasteiger partial charge in [-0.1, -0.05) is 11.8 Å². The Bertz CT molecular complexity index is 893. The van der Waals surface area contributed by atoms with E-state index in [1.807, 2.05) is 0 Å². The zero-order valence-corrected chi connectivity index (χ0v) is 14.1. The summed E-state index contributed by atoms with van der Waals surface area (Å²) >= 11 is 3.96. The van der Waals surface area contributed by atoms with Crippen molar-refractivity contribution < 1.29 is 23.0 Å². The van der Waals surface area contributed by atoms with Crippen molar-refractivity contribution in [3.05, 3.63) is 32.5 Å². The first-order chi connectivity index (χ1) is 11.2. The molecule has 6 nitrogen and oxygen atoms in total. The summed E-state index contributed by atoms with van der Waals surface area (Å²) in [4.78, 5) is 18.2. The number of aromatic nitrogens is 2. The minimum atomic E-state index is -4.95. The van der Waals surface area contributed by atoms with E-state index in [1.54, 1.807) is 12.3 Å². The molecule has 2 aromatic rings. The molecule has 0 atom stereocenters. The molecule has 0 aliphatic carbocycles. The Morgan fingerprint density at radius 3 is 2.67 bits per heavy atom. The molecule has 0 bridgehead atoms. The van der Waals surface area contributed by atoms with Crippen LogP contribution >= 0.6 is 27.7 Å². The van der Waals surface area contributed by atoms with Crippen LogP contribution in [0.4, 0.5) is 13.2 Å². The third-order valence-corrected chi connectivity index (χ3v) is 3.91. The van der Waals surface area contributed by atoms with Gasteiger partial charge in [0.1, 0.15) is 28.8 Å². The number of hydrogen-bond donors (Lipinski definition) is 2. The van der Waals surface area contributed by atoms with E-state index in [9.17, 15) is 23.1 Å². The van der Waals surface area contributed by atoms with Crippen molar-refractivity contribution in [2.24, 2.45) is 0 Å². The molecule has 0 radical (unpaired) electrons. The zero-order chi connectivity index (χ0) is 18.1. The maximum absolute atomic E-state index is 12.4. The predicted octanol–water partition coefficient (Wildman–Crippen LogP) is 3.40. The van der Waals surface area contributed by atoms with Crippen LogP contribution in [0.25, 0.3) is 11.3 Å². The first-order valence-corrected chi connectivity index (χ1v) is 8.05. The Hall–Kier alpha value is -2.19. The zero-order valence-electron chi connectivity index (χ0n) is 11.7. The second-order valence-electron chi connectivity index (χ2n) is 4.26. The third-order valence-electron chi connectivity index (χ3n) is 2.73. The van der Waals surface area contributed by atoms with Gasteiger partial charge in [-0.05, 0) is 34.3 Å². The molecule has 0 amide bonds. The molecule has 0 aliphatic rings. The predicted molar refractivity (Wildman–Crippen MR) is 82.8 cm³/mol. The quantitative estimate of drug-likeness (QED) is 0.581. The summed E-state index contributed by atoms with van der Waals surface area (Å²) in [5, 5.41) is 19.3. The molecule has 2 N–H and O–H groups in total. The number of phenols is 1. The Kier molecular flexibility index (Phi) is 5.10. The molecule has 0 saturated carbocycles. The lowest BCUT2D eigenvalue weighted by atomic mass is 10.1. The summed E-state index contributed by atoms with van der Waals surface area (Å²) in [6.07, 6.45) is -3.34. The molecule has 1 heterocycles. The summed E-state index contributed by atoms with van der Waals surface area (Å²) in [6.45, 7) is 0. The molecular weight excluding hydrogens is 415 g/mol. The van der Waals surface area contributed by atoms with Crippen molar-refractivity contribution in [3.8, 4) is 28.8 Å². The monoisotopic (exact) mass is 421 g/mol. The number of aromatic amines is 1. The lowest BCUT2D eigenvalue weighted by Gasteiger charge is -2.13. The van der Waals surface area contributed by atoms with Gasteiger partial charge in [-0.15, -0.1) is 13.2 Å². The second kappa shape index (κ2) is 6.74. The van der Waals surface area contributed by atoms with Gasteiger partial charge in [-0.25, -0.2) is 4.98 Å². The molecule has 0 saturated heterocycles. The maximum Gasteiger partial charge on any atom is 0.573 e. The van der Waals surface area contributed by atoms with Gasteiger partial charge in [-0.3, -0.25) is 4.79 Å². The van der Waals surface area contributed by atoms with E-state index in [-0.39, 0.29) is 20.9 Å². The second-order valence-corrected chi connectivity index (χ2v) is 5.91. The first kappa shape index (κ1) is 18.2. The number of rotatable bonds is 3. The van der Waals surface area contributed by atoms with Gasteiger partial charge in [-0.2, -0.15) is 5.26 Å². The summed E-state index contributed by atoms with van der Waals surface area (Å²) in [5.41, 5.74) is -1.72. The number of nitriles is 1. The highest BCUT2D eigenvalue weighted by Crippen LogP contribution is 2.40. The highest BCUT2D eigenvalue weighted by Gasteiger charge is 2.32. The fraction of sp³-hybridized carbons (Fsp3) is 0.154. The van der Waals surface area contributed by atoms with Crippen molar-refractivity contribution >= 4 is 27.7 Å². The van der Waals surface area contributed by atoms with Gasteiger partial charge in [0.05, 0.1) is 4.47 Å². The average Bonchev–Trinajstić information content (AvgIpc) is 2.48. The van der Waals surface area contributed by atoms with E-state index < -0.39 is 29.0 Å². The van der Waals surface area contributed by atoms with E-state index >= 15 is 0 Å². The normalized spacial score (nSPS) is 11.2. The number of nitrogens with one attached hydrogen (secondary N) is 1. The minimum Gasteiger partial charge on any atom is -0.506 e. The molecule has 24 heavy (non-hydrogen) atoms. The number of thioether (sulfide) groups is 1. The van der Waals surface area contributed by atoms with Crippen LogP contribution in [-0.2, 0) is 0 Å². The van der Waals surface area contributed by atoms with Crippen LogP contribution < -0.4 is 10.3 Å². The van der Waals surface area contributed by atoms with Crippen LogP contribution in [0.1, 0.15) is 5.56 Å². The largest absolute Gasteiger partial charge is 0.573 e. The van der Waals surface area contributed by atoms with Crippen molar-refractivity contribution in [2.45, 2.75) is 11.5 Å². The van der Waals surface area contributed by atoms with Crippen LogP contribution in [0, 0.1) is 11.3 Å². The molecular formula is C13H7BrF3N3O3S. The number of alkyl halides is 3. The molecule has 11 heteroatoms. The summed E-state index contributed by atoms with van der Waals surface area (Å²) in [7, 11) is 0. The fourth-order valence-corrected chi connectivity index (χ4v) is 2.61. The standard InChI is InChI=1S/C13H7BrF3N3O3S/c1-24-12-19-9(7(4-18)11(22)20-12)6-2-5(23-13(15,16)17)3-8(14)10(6)21/h2-3,21H,1H3,(H,19,20,22). The summed E-state index contributed by atoms with van der Waals surface area (Å²) in [6, 6.07) is 3.37. The van der Waals surface area contributed by atoms with Crippen LogP contribution in [-0.4, -0.2) is 27.7 Å². The Morgan fingerprint density at radius 1 is 1.46 bits per heavy atom. The molecule has 0 spiro atoms. The van der Waals surface area contributed by atoms with E-state index in [0.29, 0.717) is 0 Å². The van der Waals surface area contributed by atoms with Gasteiger partial charge >= 0.3 is 6.36 Å².